The average molecular weight is 477 g/mol. The number of aliphatic hydroxyl groups excluding tert-OH is 1. The Labute approximate surface area is 200 Å². The first kappa shape index (κ1) is 24.9. The number of esters is 3. The minimum Gasteiger partial charge on any atom is -0.461 e. The SMILES string of the molecule is CC(=O)OCC1=CC2C3C(C)(C)C3(OC(C)=O)C(OC(C)=O)C(C)C2(O)C2C=C(C)C(O)C2C1. The second kappa shape index (κ2) is 7.92. The molecular weight excluding hydrogens is 440 g/mol. The molecule has 9 atom stereocenters. The van der Waals surface area contributed by atoms with Crippen LogP contribution in [0.1, 0.15) is 54.9 Å². The molecule has 2 fully saturated rings. The molecule has 4 aliphatic rings. The summed E-state index contributed by atoms with van der Waals surface area (Å²) in [5.74, 6) is -3.56. The van der Waals surface area contributed by atoms with Crippen molar-refractivity contribution in [2.24, 2.45) is 35.0 Å². The van der Waals surface area contributed by atoms with E-state index in [1.54, 1.807) is 0 Å². The Morgan fingerprint density at radius 2 is 1.71 bits per heavy atom. The van der Waals surface area contributed by atoms with Gasteiger partial charge in [-0.25, -0.2) is 0 Å². The first-order chi connectivity index (χ1) is 15.7. The summed E-state index contributed by atoms with van der Waals surface area (Å²) in [7, 11) is 0. The molecule has 0 heterocycles. The van der Waals surface area contributed by atoms with E-state index in [4.69, 9.17) is 14.2 Å². The molecule has 0 amide bonds. The second-order valence-corrected chi connectivity index (χ2v) is 11.2. The summed E-state index contributed by atoms with van der Waals surface area (Å²) in [5.41, 5.74) is -1.49. The summed E-state index contributed by atoms with van der Waals surface area (Å²) < 4.78 is 17.1. The first-order valence-electron chi connectivity index (χ1n) is 12.0. The van der Waals surface area contributed by atoms with Crippen LogP contribution in [0.15, 0.2) is 23.3 Å². The van der Waals surface area contributed by atoms with E-state index in [0.29, 0.717) is 6.42 Å². The van der Waals surface area contributed by atoms with Crippen LogP contribution in [-0.2, 0) is 28.6 Å². The van der Waals surface area contributed by atoms with E-state index < -0.39 is 64.5 Å². The molecule has 8 heteroatoms. The lowest BCUT2D eigenvalue weighted by molar-refractivity contribution is -0.220. The van der Waals surface area contributed by atoms with Gasteiger partial charge < -0.3 is 24.4 Å². The minimum absolute atomic E-state index is 0.0619. The van der Waals surface area contributed by atoms with Crippen LogP contribution < -0.4 is 0 Å². The lowest BCUT2D eigenvalue weighted by Gasteiger charge is -2.52. The number of hydrogen-bond donors (Lipinski definition) is 2. The summed E-state index contributed by atoms with van der Waals surface area (Å²) in [5, 5.41) is 23.6. The summed E-state index contributed by atoms with van der Waals surface area (Å²) in [6.45, 7) is 11.6. The predicted octanol–water partition coefficient (Wildman–Crippen LogP) is 2.32. The molecule has 0 aromatic carbocycles. The molecule has 0 radical (unpaired) electrons. The van der Waals surface area contributed by atoms with Gasteiger partial charge in [0.05, 0.1) is 11.7 Å². The van der Waals surface area contributed by atoms with E-state index >= 15 is 0 Å². The molecule has 0 aliphatic heterocycles. The van der Waals surface area contributed by atoms with Crippen LogP contribution in [0, 0.1) is 35.0 Å². The molecule has 4 aliphatic carbocycles. The van der Waals surface area contributed by atoms with Crippen molar-refractivity contribution < 1.29 is 38.8 Å². The normalized spacial score (nSPS) is 43.7. The molecule has 8 nitrogen and oxygen atoms in total. The van der Waals surface area contributed by atoms with Crippen molar-refractivity contribution in [3.63, 3.8) is 0 Å². The van der Waals surface area contributed by atoms with Crippen molar-refractivity contribution in [2.75, 3.05) is 6.61 Å². The number of carbonyl (C=O) groups is 3. The van der Waals surface area contributed by atoms with Gasteiger partial charge in [0.25, 0.3) is 0 Å². The fourth-order valence-corrected chi connectivity index (χ4v) is 7.54. The Hall–Kier alpha value is -2.19. The Kier molecular flexibility index (Phi) is 5.80. The molecule has 0 saturated heterocycles. The monoisotopic (exact) mass is 476 g/mol. The van der Waals surface area contributed by atoms with Crippen LogP contribution in [0.5, 0.6) is 0 Å². The van der Waals surface area contributed by atoms with Gasteiger partial charge >= 0.3 is 17.9 Å². The lowest BCUT2D eigenvalue weighted by Crippen LogP contribution is -2.63. The fraction of sp³-hybridized carbons (Fsp3) is 0.731. The highest BCUT2D eigenvalue weighted by Gasteiger charge is 2.87. The number of ether oxygens (including phenoxy) is 3. The molecule has 9 unspecified atom stereocenters. The van der Waals surface area contributed by atoms with Crippen LogP contribution in [0.4, 0.5) is 0 Å². The quantitative estimate of drug-likeness (QED) is 0.360. The van der Waals surface area contributed by atoms with Gasteiger partial charge in [0, 0.05) is 55.8 Å². The van der Waals surface area contributed by atoms with Crippen molar-refractivity contribution in [3.8, 4) is 0 Å². The highest BCUT2D eigenvalue weighted by molar-refractivity contribution is 5.69. The van der Waals surface area contributed by atoms with E-state index in [1.807, 2.05) is 39.8 Å². The van der Waals surface area contributed by atoms with Crippen molar-refractivity contribution in [1.29, 1.82) is 0 Å². The molecule has 2 N–H and O–H groups in total. The summed E-state index contributed by atoms with van der Waals surface area (Å²) in [4.78, 5) is 36.0. The van der Waals surface area contributed by atoms with Crippen LogP contribution in [-0.4, -0.2) is 58.1 Å². The standard InChI is InChI=1S/C26H36O8/c1-12-8-19-18(21(12)30)9-17(11-32-14(3)27)10-20-22-24(6,7)26(22,34-16(5)29)23(33-15(4)28)13(2)25(19,20)31/h8,10,13,18-23,30-31H,9,11H2,1-7H3. The molecule has 0 aromatic heterocycles. The zero-order valence-electron chi connectivity index (χ0n) is 21.0. The average Bonchev–Trinajstić information content (AvgIpc) is 3.10. The first-order valence-corrected chi connectivity index (χ1v) is 12.0. The molecule has 34 heavy (non-hydrogen) atoms. The third-order valence-corrected chi connectivity index (χ3v) is 8.95. The van der Waals surface area contributed by atoms with E-state index in [2.05, 4.69) is 0 Å². The Morgan fingerprint density at radius 3 is 2.26 bits per heavy atom. The molecule has 4 rings (SSSR count). The number of aliphatic hydroxyl groups is 2. The van der Waals surface area contributed by atoms with Crippen LogP contribution in [0.3, 0.4) is 0 Å². The number of carbonyl (C=O) groups excluding carboxylic acids is 3. The molecule has 2 saturated carbocycles. The third kappa shape index (κ3) is 3.28. The fourth-order valence-electron chi connectivity index (χ4n) is 7.54. The maximum atomic E-state index is 12.6. The Balaban J connectivity index is 1.90. The highest BCUT2D eigenvalue weighted by atomic mass is 16.6. The summed E-state index contributed by atoms with van der Waals surface area (Å²) in [6, 6.07) is 0. The maximum Gasteiger partial charge on any atom is 0.303 e. The van der Waals surface area contributed by atoms with Gasteiger partial charge in [0.2, 0.25) is 0 Å². The Morgan fingerprint density at radius 1 is 1.06 bits per heavy atom. The van der Waals surface area contributed by atoms with E-state index in [9.17, 15) is 24.6 Å². The summed E-state index contributed by atoms with van der Waals surface area (Å²) >= 11 is 0. The topological polar surface area (TPSA) is 119 Å². The van der Waals surface area contributed by atoms with Crippen LogP contribution in [0.2, 0.25) is 0 Å². The van der Waals surface area contributed by atoms with Crippen LogP contribution in [0.25, 0.3) is 0 Å². The van der Waals surface area contributed by atoms with E-state index in [0.717, 1.165) is 11.1 Å². The molecule has 0 bridgehead atoms. The number of rotatable bonds is 4. The smallest absolute Gasteiger partial charge is 0.303 e. The van der Waals surface area contributed by atoms with Crippen molar-refractivity contribution >= 4 is 17.9 Å². The minimum atomic E-state index is -1.39. The number of fused-ring (bicyclic) bond motifs is 5. The van der Waals surface area contributed by atoms with E-state index in [1.165, 1.54) is 20.8 Å². The zero-order valence-corrected chi connectivity index (χ0v) is 21.0. The van der Waals surface area contributed by atoms with E-state index in [-0.39, 0.29) is 18.4 Å². The van der Waals surface area contributed by atoms with Gasteiger partial charge in [-0.3, -0.25) is 14.4 Å². The van der Waals surface area contributed by atoms with Crippen LogP contribution >= 0.6 is 0 Å². The molecule has 188 valence electrons. The molecule has 0 aromatic rings. The van der Waals surface area contributed by atoms with Gasteiger partial charge in [-0.2, -0.15) is 0 Å². The molecular formula is C26H36O8. The highest BCUT2D eigenvalue weighted by Crippen LogP contribution is 2.77. The van der Waals surface area contributed by atoms with Gasteiger partial charge in [-0.05, 0) is 24.5 Å². The second-order valence-electron chi connectivity index (χ2n) is 11.2. The lowest BCUT2D eigenvalue weighted by atomic mass is 9.59. The Bertz CT molecular complexity index is 979. The predicted molar refractivity (Wildman–Crippen MR) is 121 cm³/mol. The van der Waals surface area contributed by atoms with Gasteiger partial charge in [-0.15, -0.1) is 0 Å². The summed E-state index contributed by atoms with van der Waals surface area (Å²) in [6.07, 6.45) is 2.73. The molecule has 0 spiro atoms. The van der Waals surface area contributed by atoms with Gasteiger partial charge in [0.1, 0.15) is 12.7 Å². The largest absolute Gasteiger partial charge is 0.461 e. The zero-order chi connectivity index (χ0) is 25.4. The van der Waals surface area contributed by atoms with Gasteiger partial charge in [-0.1, -0.05) is 32.9 Å². The third-order valence-electron chi connectivity index (χ3n) is 8.95. The van der Waals surface area contributed by atoms with Crippen molar-refractivity contribution in [1.82, 2.24) is 0 Å². The van der Waals surface area contributed by atoms with Crippen molar-refractivity contribution in [3.05, 3.63) is 23.3 Å². The number of hydrogen-bond acceptors (Lipinski definition) is 8. The maximum absolute atomic E-state index is 12.6. The van der Waals surface area contributed by atoms with Crippen molar-refractivity contribution in [2.45, 2.75) is 78.3 Å². The van der Waals surface area contributed by atoms with Gasteiger partial charge in [0.15, 0.2) is 5.60 Å².